The van der Waals surface area contributed by atoms with Crippen molar-refractivity contribution in [3.63, 3.8) is 0 Å². The Morgan fingerprint density at radius 1 is 1.47 bits per heavy atom. The zero-order valence-corrected chi connectivity index (χ0v) is 10.7. The van der Waals surface area contributed by atoms with Crippen molar-refractivity contribution < 1.29 is 14.6 Å². The van der Waals surface area contributed by atoms with Crippen molar-refractivity contribution >= 4 is 11.7 Å². The summed E-state index contributed by atoms with van der Waals surface area (Å²) in [6.07, 6.45) is -1.20. The van der Waals surface area contributed by atoms with Gasteiger partial charge in [-0.3, -0.25) is 0 Å². The Bertz CT molecular complexity index is 402. The van der Waals surface area contributed by atoms with E-state index in [0.717, 1.165) is 11.3 Å². The molecule has 0 saturated carbocycles. The summed E-state index contributed by atoms with van der Waals surface area (Å²) in [6, 6.07) is 5.55. The molecule has 1 aromatic rings. The quantitative estimate of drug-likeness (QED) is 0.809. The molecule has 1 rings (SSSR count). The molecule has 1 unspecified atom stereocenters. The summed E-state index contributed by atoms with van der Waals surface area (Å²) in [7, 11) is 3.88. The lowest BCUT2D eigenvalue weighted by molar-refractivity contribution is -0.153. The van der Waals surface area contributed by atoms with Gasteiger partial charge in [-0.05, 0) is 37.1 Å². The molecule has 1 atom stereocenters. The molecular formula is C13H19NO3. The Morgan fingerprint density at radius 2 is 2.12 bits per heavy atom. The maximum Gasteiger partial charge on any atom is 0.339 e. The molecule has 0 spiro atoms. The number of aliphatic hydroxyl groups is 1. The van der Waals surface area contributed by atoms with E-state index in [-0.39, 0.29) is 6.61 Å². The van der Waals surface area contributed by atoms with Gasteiger partial charge in [0.15, 0.2) is 6.10 Å². The smallest absolute Gasteiger partial charge is 0.339 e. The second-order valence-electron chi connectivity index (χ2n) is 4.09. The average molecular weight is 237 g/mol. The minimum absolute atomic E-state index is 0.269. The molecule has 0 aliphatic rings. The van der Waals surface area contributed by atoms with Gasteiger partial charge in [0.1, 0.15) is 0 Å². The number of anilines is 1. The van der Waals surface area contributed by atoms with Crippen LogP contribution < -0.4 is 4.90 Å². The van der Waals surface area contributed by atoms with E-state index < -0.39 is 12.1 Å². The molecule has 0 saturated heterocycles. The van der Waals surface area contributed by atoms with Crippen molar-refractivity contribution in [1.82, 2.24) is 0 Å². The predicted octanol–water partition coefficient (Wildman–Crippen LogP) is 1.66. The van der Waals surface area contributed by atoms with Crippen molar-refractivity contribution in [2.45, 2.75) is 20.0 Å². The molecule has 0 bridgehead atoms. The number of nitrogens with zero attached hydrogens (tertiary/aromatic N) is 1. The van der Waals surface area contributed by atoms with Gasteiger partial charge in [-0.15, -0.1) is 0 Å². The lowest BCUT2D eigenvalue weighted by Gasteiger charge is -2.17. The van der Waals surface area contributed by atoms with Gasteiger partial charge in [0.2, 0.25) is 0 Å². The van der Waals surface area contributed by atoms with Crippen LogP contribution >= 0.6 is 0 Å². The second-order valence-corrected chi connectivity index (χ2v) is 4.09. The fourth-order valence-electron chi connectivity index (χ4n) is 1.59. The molecular weight excluding hydrogens is 218 g/mol. The minimum Gasteiger partial charge on any atom is -0.464 e. The highest BCUT2D eigenvalue weighted by Gasteiger charge is 2.20. The van der Waals surface area contributed by atoms with E-state index in [0.29, 0.717) is 5.56 Å². The Labute approximate surface area is 102 Å². The van der Waals surface area contributed by atoms with Gasteiger partial charge in [-0.25, -0.2) is 4.79 Å². The minimum atomic E-state index is -1.20. The van der Waals surface area contributed by atoms with Crippen molar-refractivity contribution in [1.29, 1.82) is 0 Å². The maximum atomic E-state index is 11.4. The summed E-state index contributed by atoms with van der Waals surface area (Å²) in [5.74, 6) is -0.604. The highest BCUT2D eigenvalue weighted by atomic mass is 16.5. The summed E-state index contributed by atoms with van der Waals surface area (Å²) in [5, 5.41) is 9.84. The number of benzene rings is 1. The highest BCUT2D eigenvalue weighted by Crippen LogP contribution is 2.23. The topological polar surface area (TPSA) is 49.8 Å². The fourth-order valence-corrected chi connectivity index (χ4v) is 1.59. The highest BCUT2D eigenvalue weighted by molar-refractivity contribution is 5.77. The first-order valence-corrected chi connectivity index (χ1v) is 5.60. The standard InChI is InChI=1S/C13H19NO3/c1-5-17-13(16)12(15)11-7-6-10(14(3)4)8-9(11)2/h6-8,12,15H,5H2,1-4H3. The van der Waals surface area contributed by atoms with Gasteiger partial charge in [0.25, 0.3) is 0 Å². The molecule has 0 fully saturated rings. The van der Waals surface area contributed by atoms with Crippen molar-refractivity contribution in [3.8, 4) is 0 Å². The Morgan fingerprint density at radius 3 is 2.59 bits per heavy atom. The SMILES string of the molecule is CCOC(=O)C(O)c1ccc(N(C)C)cc1C. The van der Waals surface area contributed by atoms with E-state index in [9.17, 15) is 9.90 Å². The van der Waals surface area contributed by atoms with Crippen LogP contribution in [0.1, 0.15) is 24.2 Å². The number of aryl methyl sites for hydroxylation is 1. The maximum absolute atomic E-state index is 11.4. The molecule has 0 aromatic heterocycles. The molecule has 0 aliphatic heterocycles. The van der Waals surface area contributed by atoms with E-state index in [1.165, 1.54) is 0 Å². The number of hydrogen-bond acceptors (Lipinski definition) is 4. The molecule has 0 radical (unpaired) electrons. The van der Waals surface area contributed by atoms with Gasteiger partial charge in [0.05, 0.1) is 6.61 Å². The van der Waals surface area contributed by atoms with E-state index in [2.05, 4.69) is 0 Å². The van der Waals surface area contributed by atoms with Crippen molar-refractivity contribution in [3.05, 3.63) is 29.3 Å². The van der Waals surface area contributed by atoms with E-state index in [4.69, 9.17) is 4.74 Å². The number of hydrogen-bond donors (Lipinski definition) is 1. The van der Waals surface area contributed by atoms with Gasteiger partial charge in [-0.1, -0.05) is 6.07 Å². The van der Waals surface area contributed by atoms with Crippen LogP contribution in [0.15, 0.2) is 18.2 Å². The van der Waals surface area contributed by atoms with Crippen molar-refractivity contribution in [2.75, 3.05) is 25.6 Å². The average Bonchev–Trinajstić information content (AvgIpc) is 2.28. The zero-order chi connectivity index (χ0) is 13.0. The third-order valence-electron chi connectivity index (χ3n) is 2.57. The lowest BCUT2D eigenvalue weighted by atomic mass is 10.0. The van der Waals surface area contributed by atoms with E-state index in [1.54, 1.807) is 13.0 Å². The number of aliphatic hydroxyl groups excluding tert-OH is 1. The molecule has 94 valence electrons. The summed E-state index contributed by atoms with van der Waals surface area (Å²) in [6.45, 7) is 3.85. The van der Waals surface area contributed by atoms with Gasteiger partial charge < -0.3 is 14.7 Å². The van der Waals surface area contributed by atoms with Crippen LogP contribution in [0.3, 0.4) is 0 Å². The first-order chi connectivity index (χ1) is 7.97. The van der Waals surface area contributed by atoms with Crippen LogP contribution in [0.2, 0.25) is 0 Å². The second kappa shape index (κ2) is 5.68. The van der Waals surface area contributed by atoms with Crippen LogP contribution in [0, 0.1) is 6.92 Å². The number of carbonyl (C=O) groups excluding carboxylic acids is 1. The molecule has 1 N–H and O–H groups in total. The van der Waals surface area contributed by atoms with Crippen LogP contribution in [-0.4, -0.2) is 31.8 Å². The molecule has 1 aromatic carbocycles. The summed E-state index contributed by atoms with van der Waals surface area (Å²) < 4.78 is 4.79. The first-order valence-electron chi connectivity index (χ1n) is 5.60. The van der Waals surface area contributed by atoms with Crippen LogP contribution in [0.25, 0.3) is 0 Å². The Balaban J connectivity index is 2.95. The van der Waals surface area contributed by atoms with Gasteiger partial charge in [0, 0.05) is 19.8 Å². The molecule has 17 heavy (non-hydrogen) atoms. The largest absolute Gasteiger partial charge is 0.464 e. The van der Waals surface area contributed by atoms with Crippen LogP contribution in [0.4, 0.5) is 5.69 Å². The number of rotatable bonds is 4. The Kier molecular flexibility index (Phi) is 4.52. The van der Waals surface area contributed by atoms with Crippen molar-refractivity contribution in [2.24, 2.45) is 0 Å². The van der Waals surface area contributed by atoms with Crippen LogP contribution in [0.5, 0.6) is 0 Å². The molecule has 4 heteroatoms. The third kappa shape index (κ3) is 3.20. The summed E-state index contributed by atoms with van der Waals surface area (Å²) >= 11 is 0. The third-order valence-corrected chi connectivity index (χ3v) is 2.57. The molecule has 0 heterocycles. The fraction of sp³-hybridized carbons (Fsp3) is 0.462. The van der Waals surface area contributed by atoms with E-state index in [1.807, 2.05) is 38.1 Å². The molecule has 0 amide bonds. The summed E-state index contributed by atoms with van der Waals surface area (Å²) in [4.78, 5) is 13.4. The number of carbonyl (C=O) groups is 1. The van der Waals surface area contributed by atoms with Gasteiger partial charge >= 0.3 is 5.97 Å². The zero-order valence-electron chi connectivity index (χ0n) is 10.7. The monoisotopic (exact) mass is 237 g/mol. The predicted molar refractivity (Wildman–Crippen MR) is 67.1 cm³/mol. The van der Waals surface area contributed by atoms with E-state index >= 15 is 0 Å². The normalized spacial score (nSPS) is 12.1. The number of ether oxygens (including phenoxy) is 1. The number of esters is 1. The lowest BCUT2D eigenvalue weighted by Crippen LogP contribution is -2.17. The molecule has 0 aliphatic carbocycles. The van der Waals surface area contributed by atoms with Crippen LogP contribution in [-0.2, 0) is 9.53 Å². The summed E-state index contributed by atoms with van der Waals surface area (Å²) in [5.41, 5.74) is 2.49. The van der Waals surface area contributed by atoms with Gasteiger partial charge in [-0.2, -0.15) is 0 Å². The molecule has 4 nitrogen and oxygen atoms in total. The Hall–Kier alpha value is -1.55. The first kappa shape index (κ1) is 13.5.